The van der Waals surface area contributed by atoms with Crippen molar-refractivity contribution in [3.05, 3.63) is 0 Å². The lowest BCUT2D eigenvalue weighted by Gasteiger charge is -2.09. The van der Waals surface area contributed by atoms with E-state index in [1.807, 2.05) is 6.92 Å². The van der Waals surface area contributed by atoms with Crippen LogP contribution in [0, 0.1) is 0 Å². The molecular formula is C7H14O2. The molecule has 54 valence electrons. The monoisotopic (exact) mass is 130 g/mol. The molecule has 0 aromatic heterocycles. The Morgan fingerprint density at radius 3 is 3.00 bits per heavy atom. The third-order valence-electron chi connectivity index (χ3n) is 1.63. The van der Waals surface area contributed by atoms with Gasteiger partial charge in [0.2, 0.25) is 0 Å². The number of hydrogen-bond acceptors (Lipinski definition) is 2. The normalized spacial score (nSPS) is 30.7. The van der Waals surface area contributed by atoms with Crippen LogP contribution in [-0.2, 0) is 4.74 Å². The number of ether oxygens (including phenoxy) is 1. The molecule has 0 bridgehead atoms. The van der Waals surface area contributed by atoms with E-state index in [4.69, 9.17) is 9.84 Å². The molecule has 1 aliphatic heterocycles. The van der Waals surface area contributed by atoms with E-state index in [1.54, 1.807) is 0 Å². The first-order chi connectivity index (χ1) is 4.29. The van der Waals surface area contributed by atoms with Gasteiger partial charge in [0.15, 0.2) is 0 Å². The highest BCUT2D eigenvalue weighted by atomic mass is 16.5. The smallest absolute Gasteiger partial charge is 0.0600 e. The lowest BCUT2D eigenvalue weighted by molar-refractivity contribution is 0.0606. The molecule has 0 aliphatic carbocycles. The van der Waals surface area contributed by atoms with Crippen LogP contribution in [-0.4, -0.2) is 23.9 Å². The molecule has 0 radical (unpaired) electrons. The van der Waals surface area contributed by atoms with Gasteiger partial charge in [0.05, 0.1) is 12.2 Å². The molecule has 1 fully saturated rings. The zero-order valence-corrected chi connectivity index (χ0v) is 5.84. The van der Waals surface area contributed by atoms with Crippen molar-refractivity contribution in [3.8, 4) is 0 Å². The molecule has 0 aromatic rings. The average Bonchev–Trinajstić information content (AvgIpc) is 2.15. The summed E-state index contributed by atoms with van der Waals surface area (Å²) in [5.74, 6) is 0. The lowest BCUT2D eigenvalue weighted by atomic mass is 10.1. The van der Waals surface area contributed by atoms with Gasteiger partial charge in [-0.2, -0.15) is 0 Å². The number of aliphatic hydroxyl groups excluding tert-OH is 1. The van der Waals surface area contributed by atoms with Crippen molar-refractivity contribution in [3.63, 3.8) is 0 Å². The van der Waals surface area contributed by atoms with Crippen LogP contribution in [0.25, 0.3) is 0 Å². The van der Waals surface area contributed by atoms with Crippen molar-refractivity contribution in [2.45, 2.75) is 38.4 Å². The quantitative estimate of drug-likeness (QED) is 0.602. The largest absolute Gasteiger partial charge is 0.393 e. The van der Waals surface area contributed by atoms with Crippen LogP contribution in [0.1, 0.15) is 26.2 Å². The highest BCUT2D eigenvalue weighted by Crippen LogP contribution is 2.16. The van der Waals surface area contributed by atoms with E-state index in [0.717, 1.165) is 25.9 Å². The minimum atomic E-state index is -0.201. The molecule has 1 rings (SSSR count). The van der Waals surface area contributed by atoms with Crippen molar-refractivity contribution in [1.29, 1.82) is 0 Å². The van der Waals surface area contributed by atoms with Crippen LogP contribution in [0.15, 0.2) is 0 Å². The van der Waals surface area contributed by atoms with E-state index in [-0.39, 0.29) is 6.10 Å². The molecule has 1 heterocycles. The van der Waals surface area contributed by atoms with E-state index >= 15 is 0 Å². The molecule has 0 saturated carbocycles. The minimum absolute atomic E-state index is 0.201. The van der Waals surface area contributed by atoms with Gasteiger partial charge in [-0.3, -0.25) is 0 Å². The molecule has 0 aromatic carbocycles. The predicted molar refractivity (Wildman–Crippen MR) is 35.3 cm³/mol. The maximum absolute atomic E-state index is 8.93. The third-order valence-corrected chi connectivity index (χ3v) is 1.63. The molecule has 0 amide bonds. The van der Waals surface area contributed by atoms with Crippen molar-refractivity contribution >= 4 is 0 Å². The van der Waals surface area contributed by atoms with E-state index in [0.29, 0.717) is 6.10 Å². The van der Waals surface area contributed by atoms with Gasteiger partial charge >= 0.3 is 0 Å². The SMILES string of the molecule is C[C@@H](O)CC1CCCO1. The molecule has 1 saturated heterocycles. The predicted octanol–water partition coefficient (Wildman–Crippen LogP) is 0.936. The van der Waals surface area contributed by atoms with Gasteiger partial charge in [0, 0.05) is 6.61 Å². The maximum Gasteiger partial charge on any atom is 0.0600 e. The van der Waals surface area contributed by atoms with Gasteiger partial charge in [-0.15, -0.1) is 0 Å². The summed E-state index contributed by atoms with van der Waals surface area (Å²) in [7, 11) is 0. The summed E-state index contributed by atoms with van der Waals surface area (Å²) in [6.45, 7) is 2.69. The Morgan fingerprint density at radius 1 is 1.78 bits per heavy atom. The molecule has 1 unspecified atom stereocenters. The molecule has 2 heteroatoms. The van der Waals surface area contributed by atoms with Crippen LogP contribution >= 0.6 is 0 Å². The van der Waals surface area contributed by atoms with Crippen molar-refractivity contribution in [2.24, 2.45) is 0 Å². The molecule has 2 nitrogen and oxygen atoms in total. The Bertz CT molecular complexity index is 75.0. The van der Waals surface area contributed by atoms with E-state index in [1.165, 1.54) is 0 Å². The fourth-order valence-corrected chi connectivity index (χ4v) is 1.21. The van der Waals surface area contributed by atoms with Crippen LogP contribution in [0.4, 0.5) is 0 Å². The van der Waals surface area contributed by atoms with E-state index in [2.05, 4.69) is 0 Å². The summed E-state index contributed by atoms with van der Waals surface area (Å²) in [4.78, 5) is 0. The van der Waals surface area contributed by atoms with Crippen LogP contribution in [0.2, 0.25) is 0 Å². The number of aliphatic hydroxyl groups is 1. The molecule has 1 aliphatic rings. The Kier molecular flexibility index (Phi) is 2.49. The van der Waals surface area contributed by atoms with E-state index in [9.17, 15) is 0 Å². The van der Waals surface area contributed by atoms with Crippen molar-refractivity contribution < 1.29 is 9.84 Å². The minimum Gasteiger partial charge on any atom is -0.393 e. The van der Waals surface area contributed by atoms with Gasteiger partial charge in [-0.25, -0.2) is 0 Å². The first-order valence-corrected chi connectivity index (χ1v) is 3.58. The van der Waals surface area contributed by atoms with Crippen molar-refractivity contribution in [1.82, 2.24) is 0 Å². The highest BCUT2D eigenvalue weighted by molar-refractivity contribution is 4.66. The fraction of sp³-hybridized carbons (Fsp3) is 1.00. The summed E-state index contributed by atoms with van der Waals surface area (Å²) in [5.41, 5.74) is 0. The van der Waals surface area contributed by atoms with Crippen LogP contribution in [0.3, 0.4) is 0 Å². The fourth-order valence-electron chi connectivity index (χ4n) is 1.21. The summed E-state index contributed by atoms with van der Waals surface area (Å²) < 4.78 is 5.30. The highest BCUT2D eigenvalue weighted by Gasteiger charge is 2.16. The van der Waals surface area contributed by atoms with Crippen LogP contribution < -0.4 is 0 Å². The number of hydrogen-bond donors (Lipinski definition) is 1. The summed E-state index contributed by atoms with van der Waals surface area (Å²) in [6.07, 6.45) is 3.24. The Labute approximate surface area is 55.8 Å². The maximum atomic E-state index is 8.93. The second-order valence-corrected chi connectivity index (χ2v) is 2.72. The van der Waals surface area contributed by atoms with Gasteiger partial charge in [0.25, 0.3) is 0 Å². The Hall–Kier alpha value is -0.0800. The van der Waals surface area contributed by atoms with Crippen molar-refractivity contribution in [2.75, 3.05) is 6.61 Å². The summed E-state index contributed by atoms with van der Waals surface area (Å²) >= 11 is 0. The zero-order chi connectivity index (χ0) is 6.69. The Morgan fingerprint density at radius 2 is 2.56 bits per heavy atom. The Balaban J connectivity index is 2.11. The third kappa shape index (κ3) is 2.33. The first-order valence-electron chi connectivity index (χ1n) is 3.58. The van der Waals surface area contributed by atoms with Gasteiger partial charge in [-0.05, 0) is 26.2 Å². The summed E-state index contributed by atoms with van der Waals surface area (Å²) in [5, 5.41) is 8.93. The topological polar surface area (TPSA) is 29.5 Å². The number of rotatable bonds is 2. The standard InChI is InChI=1S/C7H14O2/c1-6(8)5-7-3-2-4-9-7/h6-8H,2-5H2,1H3/t6-,7?/m1/s1. The van der Waals surface area contributed by atoms with Gasteiger partial charge in [-0.1, -0.05) is 0 Å². The summed E-state index contributed by atoms with van der Waals surface area (Å²) in [6, 6.07) is 0. The lowest BCUT2D eigenvalue weighted by Crippen LogP contribution is -2.13. The molecule has 0 spiro atoms. The zero-order valence-electron chi connectivity index (χ0n) is 5.84. The molecular weight excluding hydrogens is 116 g/mol. The van der Waals surface area contributed by atoms with E-state index < -0.39 is 0 Å². The van der Waals surface area contributed by atoms with Gasteiger partial charge < -0.3 is 9.84 Å². The molecule has 9 heavy (non-hydrogen) atoms. The second-order valence-electron chi connectivity index (χ2n) is 2.72. The second kappa shape index (κ2) is 3.18. The van der Waals surface area contributed by atoms with Crippen LogP contribution in [0.5, 0.6) is 0 Å². The average molecular weight is 130 g/mol. The molecule has 1 N–H and O–H groups in total. The molecule has 2 atom stereocenters. The van der Waals surface area contributed by atoms with Gasteiger partial charge in [0.1, 0.15) is 0 Å². The first kappa shape index (κ1) is 7.03.